The van der Waals surface area contributed by atoms with Crippen LogP contribution in [0.1, 0.15) is 13.3 Å². The van der Waals surface area contributed by atoms with E-state index in [0.717, 1.165) is 7.11 Å². The van der Waals surface area contributed by atoms with Gasteiger partial charge in [0.2, 0.25) is 0 Å². The van der Waals surface area contributed by atoms with E-state index >= 15 is 0 Å². The number of nitrogens with one attached hydrogen (secondary N) is 2. The Morgan fingerprint density at radius 1 is 1.44 bits per heavy atom. The first kappa shape index (κ1) is 14.6. The second-order valence-corrected chi connectivity index (χ2v) is 4.39. The lowest BCUT2D eigenvalue weighted by atomic mass is 10.1. The summed E-state index contributed by atoms with van der Waals surface area (Å²) in [5.41, 5.74) is 0. The van der Waals surface area contributed by atoms with Gasteiger partial charge in [-0.3, -0.25) is 4.79 Å². The van der Waals surface area contributed by atoms with Crippen molar-refractivity contribution in [3.63, 3.8) is 0 Å². The normalized spacial score (nSPS) is 12.9. The van der Waals surface area contributed by atoms with Gasteiger partial charge in [-0.05, 0) is 6.42 Å². The average Bonchev–Trinajstić information content (AvgIpc) is 2.17. The molecule has 0 rings (SSSR count). The Labute approximate surface area is 93.2 Å². The van der Waals surface area contributed by atoms with Gasteiger partial charge in [0, 0.05) is 6.54 Å². The van der Waals surface area contributed by atoms with Crippen LogP contribution in [0.15, 0.2) is 0 Å². The number of hydrogen-bond donors (Lipinski definition) is 3. The van der Waals surface area contributed by atoms with E-state index in [0.29, 0.717) is 0 Å². The minimum Gasteiger partial charge on any atom is -0.481 e. The van der Waals surface area contributed by atoms with Crippen molar-refractivity contribution in [2.75, 3.05) is 13.7 Å². The van der Waals surface area contributed by atoms with Crippen LogP contribution in [0.2, 0.25) is 0 Å². The van der Waals surface area contributed by atoms with Crippen molar-refractivity contribution in [3.05, 3.63) is 0 Å². The highest BCUT2D eigenvalue weighted by Gasteiger charge is 2.20. The molecular weight excluding hydrogens is 240 g/mol. The fourth-order valence-corrected chi connectivity index (χ4v) is 1.60. The maximum Gasteiger partial charge on any atom is 0.421 e. The molecule has 0 saturated heterocycles. The Morgan fingerprint density at radius 2 is 2.00 bits per heavy atom. The standard InChI is InChI=1S/C7H14N2O6S/c1-3-5(6(10)11)4-8-16(13,14)9-7(12)15-2/h5,8H,3-4H2,1-2H3,(H,9,12)(H,10,11). The van der Waals surface area contributed by atoms with E-state index in [9.17, 15) is 18.0 Å². The molecule has 0 aromatic carbocycles. The third kappa shape index (κ3) is 5.51. The Balaban J connectivity index is 4.28. The van der Waals surface area contributed by atoms with Crippen molar-refractivity contribution in [2.24, 2.45) is 5.92 Å². The van der Waals surface area contributed by atoms with Crippen molar-refractivity contribution < 1.29 is 27.9 Å². The van der Waals surface area contributed by atoms with Gasteiger partial charge in [0.1, 0.15) is 0 Å². The molecule has 94 valence electrons. The first-order chi connectivity index (χ1) is 7.32. The molecule has 8 nitrogen and oxygen atoms in total. The predicted molar refractivity (Wildman–Crippen MR) is 53.9 cm³/mol. The fourth-order valence-electron chi connectivity index (χ4n) is 0.804. The average molecular weight is 254 g/mol. The molecule has 0 spiro atoms. The van der Waals surface area contributed by atoms with Crippen LogP contribution in [0.25, 0.3) is 0 Å². The van der Waals surface area contributed by atoms with Crippen molar-refractivity contribution in [1.29, 1.82) is 0 Å². The van der Waals surface area contributed by atoms with E-state index in [4.69, 9.17) is 5.11 Å². The van der Waals surface area contributed by atoms with Gasteiger partial charge in [-0.1, -0.05) is 6.92 Å². The zero-order valence-corrected chi connectivity index (χ0v) is 9.70. The number of carbonyl (C=O) groups excluding carboxylic acids is 1. The molecule has 0 aromatic heterocycles. The highest BCUT2D eigenvalue weighted by atomic mass is 32.2. The molecule has 16 heavy (non-hydrogen) atoms. The predicted octanol–water partition coefficient (Wildman–Crippen LogP) is -0.712. The lowest BCUT2D eigenvalue weighted by Crippen LogP contribution is -2.43. The minimum atomic E-state index is -4.07. The number of rotatable bonds is 6. The Bertz CT molecular complexity index is 352. The topological polar surface area (TPSA) is 122 Å². The Morgan fingerprint density at radius 3 is 2.38 bits per heavy atom. The molecule has 1 unspecified atom stereocenters. The summed E-state index contributed by atoms with van der Waals surface area (Å²) >= 11 is 0. The zero-order chi connectivity index (χ0) is 12.8. The van der Waals surface area contributed by atoms with Crippen molar-refractivity contribution in [3.8, 4) is 0 Å². The second-order valence-electron chi connectivity index (χ2n) is 2.89. The molecule has 0 aromatic rings. The van der Waals surface area contributed by atoms with E-state index in [1.165, 1.54) is 4.72 Å². The van der Waals surface area contributed by atoms with Gasteiger partial charge in [-0.2, -0.15) is 13.1 Å². The van der Waals surface area contributed by atoms with Crippen LogP contribution in [0.4, 0.5) is 4.79 Å². The summed E-state index contributed by atoms with van der Waals surface area (Å²) in [4.78, 5) is 21.2. The molecule has 0 aliphatic carbocycles. The quantitative estimate of drug-likeness (QED) is 0.575. The molecule has 1 amide bonds. The molecule has 1 atom stereocenters. The molecule has 0 heterocycles. The minimum absolute atomic E-state index is 0.274. The molecular formula is C7H14N2O6S. The summed E-state index contributed by atoms with van der Waals surface area (Å²) in [6.45, 7) is 1.32. The summed E-state index contributed by atoms with van der Waals surface area (Å²) in [5, 5.41) is 8.65. The number of aliphatic carboxylic acids is 1. The molecule has 3 N–H and O–H groups in total. The zero-order valence-electron chi connectivity index (χ0n) is 8.89. The maximum atomic E-state index is 11.1. The van der Waals surface area contributed by atoms with Gasteiger partial charge in [-0.25, -0.2) is 9.52 Å². The number of carboxylic acid groups (broad SMARTS) is 1. The van der Waals surface area contributed by atoms with Crippen LogP contribution in [0.3, 0.4) is 0 Å². The molecule has 0 bridgehead atoms. The molecule has 0 radical (unpaired) electrons. The van der Waals surface area contributed by atoms with Crippen molar-refractivity contribution >= 4 is 22.3 Å². The number of carboxylic acids is 1. The fraction of sp³-hybridized carbons (Fsp3) is 0.714. The monoisotopic (exact) mass is 254 g/mol. The highest BCUT2D eigenvalue weighted by molar-refractivity contribution is 7.88. The van der Waals surface area contributed by atoms with Gasteiger partial charge < -0.3 is 9.84 Å². The maximum absolute atomic E-state index is 11.1. The van der Waals surface area contributed by atoms with Crippen LogP contribution in [0.5, 0.6) is 0 Å². The van der Waals surface area contributed by atoms with Gasteiger partial charge in [0.05, 0.1) is 13.0 Å². The summed E-state index contributed by atoms with van der Waals surface area (Å²) in [5.74, 6) is -1.95. The van der Waals surface area contributed by atoms with Crippen LogP contribution < -0.4 is 9.44 Å². The van der Waals surface area contributed by atoms with Crippen molar-refractivity contribution in [1.82, 2.24) is 9.44 Å². The molecule has 0 aliphatic rings. The SMILES string of the molecule is CCC(CNS(=O)(=O)NC(=O)OC)C(=O)O. The van der Waals surface area contributed by atoms with E-state index in [2.05, 4.69) is 4.74 Å². The van der Waals surface area contributed by atoms with Crippen LogP contribution in [-0.2, 0) is 19.7 Å². The van der Waals surface area contributed by atoms with Gasteiger partial charge >= 0.3 is 22.3 Å². The number of hydrogen-bond acceptors (Lipinski definition) is 5. The largest absolute Gasteiger partial charge is 0.481 e. The van der Waals surface area contributed by atoms with Crippen molar-refractivity contribution in [2.45, 2.75) is 13.3 Å². The number of ether oxygens (including phenoxy) is 1. The number of carbonyl (C=O) groups is 2. The second kappa shape index (κ2) is 6.28. The van der Waals surface area contributed by atoms with Gasteiger partial charge in [0.15, 0.2) is 0 Å². The summed E-state index contributed by atoms with van der Waals surface area (Å²) in [6, 6.07) is 0. The van der Waals surface area contributed by atoms with E-state index in [1.807, 2.05) is 4.72 Å². The molecule has 9 heteroatoms. The summed E-state index contributed by atoms with van der Waals surface area (Å²) < 4.78 is 29.8. The van der Waals surface area contributed by atoms with E-state index in [-0.39, 0.29) is 13.0 Å². The number of amides is 1. The van der Waals surface area contributed by atoms with Crippen LogP contribution >= 0.6 is 0 Å². The molecule has 0 aliphatic heterocycles. The van der Waals surface area contributed by atoms with Crippen LogP contribution in [-0.4, -0.2) is 39.2 Å². The third-order valence-electron chi connectivity index (χ3n) is 1.76. The first-order valence-corrected chi connectivity index (χ1v) is 5.88. The van der Waals surface area contributed by atoms with Gasteiger partial charge in [-0.15, -0.1) is 0 Å². The van der Waals surface area contributed by atoms with Gasteiger partial charge in [0.25, 0.3) is 0 Å². The lowest BCUT2D eigenvalue weighted by molar-refractivity contribution is -0.141. The smallest absolute Gasteiger partial charge is 0.421 e. The summed E-state index contributed by atoms with van der Waals surface area (Å²) in [6.07, 6.45) is -0.869. The first-order valence-electron chi connectivity index (χ1n) is 4.40. The summed E-state index contributed by atoms with van der Waals surface area (Å²) in [7, 11) is -3.06. The number of methoxy groups -OCH3 is 1. The van der Waals surface area contributed by atoms with Crippen LogP contribution in [0, 0.1) is 5.92 Å². The molecule has 0 fully saturated rings. The Hall–Kier alpha value is -1.35. The Kier molecular flexibility index (Phi) is 5.75. The third-order valence-corrected chi connectivity index (χ3v) is 2.75. The highest BCUT2D eigenvalue weighted by Crippen LogP contribution is 2.00. The lowest BCUT2D eigenvalue weighted by Gasteiger charge is -2.11. The molecule has 0 saturated carbocycles. The van der Waals surface area contributed by atoms with E-state index < -0.39 is 28.2 Å². The van der Waals surface area contributed by atoms with E-state index in [1.54, 1.807) is 6.92 Å².